The predicted molar refractivity (Wildman–Crippen MR) is 69.8 cm³/mol. The van der Waals surface area contributed by atoms with Crippen LogP contribution in [0.2, 0.25) is 0 Å². The molecule has 0 amide bonds. The van der Waals surface area contributed by atoms with Gasteiger partial charge in [-0.05, 0) is 37.1 Å². The van der Waals surface area contributed by atoms with E-state index in [-0.39, 0.29) is 12.4 Å². The maximum absolute atomic E-state index is 12.7. The Bertz CT molecular complexity index is 323. The number of hydrogen-bond donors (Lipinski definition) is 2. The summed E-state index contributed by atoms with van der Waals surface area (Å²) in [6.07, 6.45) is 1.03. The smallest absolute Gasteiger partial charge is 0.123 e. The molecule has 0 aliphatic heterocycles. The van der Waals surface area contributed by atoms with E-state index in [9.17, 15) is 9.50 Å². The van der Waals surface area contributed by atoms with Crippen molar-refractivity contribution in [2.75, 3.05) is 26.2 Å². The summed E-state index contributed by atoms with van der Waals surface area (Å²) in [5.74, 6) is -0.293. The van der Waals surface area contributed by atoms with Crippen LogP contribution in [0.1, 0.15) is 31.4 Å². The van der Waals surface area contributed by atoms with E-state index in [1.165, 1.54) is 12.1 Å². The lowest BCUT2D eigenvalue weighted by Gasteiger charge is -2.22. The van der Waals surface area contributed by atoms with Crippen molar-refractivity contribution in [3.8, 4) is 0 Å². The SMILES string of the molecule is CCCN(CCO)CCC(O)c1ccc(F)cc1. The summed E-state index contributed by atoms with van der Waals surface area (Å²) in [5.41, 5.74) is 0.733. The Hall–Kier alpha value is -0.970. The van der Waals surface area contributed by atoms with Crippen LogP contribution >= 0.6 is 0 Å². The summed E-state index contributed by atoms with van der Waals surface area (Å²) in [6.45, 7) is 4.49. The monoisotopic (exact) mass is 255 g/mol. The topological polar surface area (TPSA) is 43.7 Å². The van der Waals surface area contributed by atoms with Crippen LogP contribution in [0.5, 0.6) is 0 Å². The van der Waals surface area contributed by atoms with Crippen LogP contribution in [0.4, 0.5) is 4.39 Å². The molecular formula is C14H22FNO2. The molecule has 1 aromatic rings. The number of halogens is 1. The van der Waals surface area contributed by atoms with E-state index in [2.05, 4.69) is 11.8 Å². The first-order valence-corrected chi connectivity index (χ1v) is 6.44. The maximum atomic E-state index is 12.7. The Morgan fingerprint density at radius 3 is 2.39 bits per heavy atom. The Balaban J connectivity index is 2.43. The number of aliphatic hydroxyl groups is 2. The maximum Gasteiger partial charge on any atom is 0.123 e. The molecule has 102 valence electrons. The van der Waals surface area contributed by atoms with Gasteiger partial charge in [0, 0.05) is 13.1 Å². The number of rotatable bonds is 8. The Morgan fingerprint density at radius 1 is 1.17 bits per heavy atom. The van der Waals surface area contributed by atoms with Crippen molar-refractivity contribution in [3.05, 3.63) is 35.6 Å². The van der Waals surface area contributed by atoms with E-state index in [1.54, 1.807) is 12.1 Å². The number of aliphatic hydroxyl groups excluding tert-OH is 2. The fourth-order valence-electron chi connectivity index (χ4n) is 1.95. The van der Waals surface area contributed by atoms with Gasteiger partial charge in [0.15, 0.2) is 0 Å². The lowest BCUT2D eigenvalue weighted by Crippen LogP contribution is -2.29. The van der Waals surface area contributed by atoms with Crippen LogP contribution in [0, 0.1) is 5.82 Å². The molecule has 0 saturated carbocycles. The van der Waals surface area contributed by atoms with Gasteiger partial charge in [-0.15, -0.1) is 0 Å². The zero-order chi connectivity index (χ0) is 13.4. The van der Waals surface area contributed by atoms with Gasteiger partial charge in [0.05, 0.1) is 12.7 Å². The van der Waals surface area contributed by atoms with Crippen LogP contribution in [-0.2, 0) is 0 Å². The summed E-state index contributed by atoms with van der Waals surface area (Å²) < 4.78 is 12.7. The Morgan fingerprint density at radius 2 is 1.83 bits per heavy atom. The second-order valence-corrected chi connectivity index (χ2v) is 4.42. The zero-order valence-corrected chi connectivity index (χ0v) is 10.8. The van der Waals surface area contributed by atoms with Gasteiger partial charge in [0.25, 0.3) is 0 Å². The molecule has 0 fully saturated rings. The highest BCUT2D eigenvalue weighted by Gasteiger charge is 2.10. The Kier molecular flexibility index (Phi) is 6.86. The number of hydrogen-bond acceptors (Lipinski definition) is 3. The van der Waals surface area contributed by atoms with E-state index in [0.717, 1.165) is 25.1 Å². The second-order valence-electron chi connectivity index (χ2n) is 4.42. The van der Waals surface area contributed by atoms with Crippen LogP contribution in [-0.4, -0.2) is 41.4 Å². The van der Waals surface area contributed by atoms with Crippen molar-refractivity contribution in [2.24, 2.45) is 0 Å². The van der Waals surface area contributed by atoms with E-state index < -0.39 is 6.10 Å². The van der Waals surface area contributed by atoms with Gasteiger partial charge in [-0.25, -0.2) is 4.39 Å². The molecule has 0 aliphatic carbocycles. The summed E-state index contributed by atoms with van der Waals surface area (Å²) in [6, 6.07) is 5.93. The minimum Gasteiger partial charge on any atom is -0.395 e. The lowest BCUT2D eigenvalue weighted by atomic mass is 10.1. The van der Waals surface area contributed by atoms with Crippen molar-refractivity contribution in [2.45, 2.75) is 25.9 Å². The third-order valence-corrected chi connectivity index (χ3v) is 2.93. The molecule has 0 spiro atoms. The summed E-state index contributed by atoms with van der Waals surface area (Å²) in [7, 11) is 0. The minimum absolute atomic E-state index is 0.132. The number of nitrogens with zero attached hydrogens (tertiary/aromatic N) is 1. The molecular weight excluding hydrogens is 233 g/mol. The largest absolute Gasteiger partial charge is 0.395 e. The van der Waals surface area contributed by atoms with Crippen molar-refractivity contribution in [1.29, 1.82) is 0 Å². The van der Waals surface area contributed by atoms with Gasteiger partial charge in [0.2, 0.25) is 0 Å². The molecule has 18 heavy (non-hydrogen) atoms. The molecule has 1 rings (SSSR count). The molecule has 0 heterocycles. The first kappa shape index (κ1) is 15.1. The van der Waals surface area contributed by atoms with Crippen LogP contribution in [0.15, 0.2) is 24.3 Å². The van der Waals surface area contributed by atoms with E-state index in [4.69, 9.17) is 5.11 Å². The molecule has 4 heteroatoms. The molecule has 1 aromatic carbocycles. The summed E-state index contributed by atoms with van der Waals surface area (Å²) in [4.78, 5) is 2.12. The summed E-state index contributed by atoms with van der Waals surface area (Å²) >= 11 is 0. The molecule has 1 atom stereocenters. The molecule has 0 aromatic heterocycles. The van der Waals surface area contributed by atoms with Crippen molar-refractivity contribution < 1.29 is 14.6 Å². The van der Waals surface area contributed by atoms with Gasteiger partial charge >= 0.3 is 0 Å². The normalized spacial score (nSPS) is 12.9. The third kappa shape index (κ3) is 5.12. The fraction of sp³-hybridized carbons (Fsp3) is 0.571. The standard InChI is InChI=1S/C14H22FNO2/c1-2-8-16(10-11-17)9-7-14(18)12-3-5-13(15)6-4-12/h3-6,14,17-18H,2,7-11H2,1H3. The lowest BCUT2D eigenvalue weighted by molar-refractivity contribution is 0.131. The van der Waals surface area contributed by atoms with Gasteiger partial charge < -0.3 is 15.1 Å². The summed E-state index contributed by atoms with van der Waals surface area (Å²) in [5, 5.41) is 18.9. The average molecular weight is 255 g/mol. The highest BCUT2D eigenvalue weighted by atomic mass is 19.1. The third-order valence-electron chi connectivity index (χ3n) is 2.93. The molecule has 3 nitrogen and oxygen atoms in total. The van der Waals surface area contributed by atoms with Crippen LogP contribution in [0.3, 0.4) is 0 Å². The van der Waals surface area contributed by atoms with Gasteiger partial charge in [-0.2, -0.15) is 0 Å². The number of benzene rings is 1. The molecule has 0 aliphatic rings. The minimum atomic E-state index is -0.580. The quantitative estimate of drug-likeness (QED) is 0.746. The van der Waals surface area contributed by atoms with Crippen LogP contribution < -0.4 is 0 Å². The van der Waals surface area contributed by atoms with Crippen molar-refractivity contribution in [3.63, 3.8) is 0 Å². The van der Waals surface area contributed by atoms with E-state index >= 15 is 0 Å². The van der Waals surface area contributed by atoms with Gasteiger partial charge in [0.1, 0.15) is 5.82 Å². The average Bonchev–Trinajstić information content (AvgIpc) is 2.37. The highest BCUT2D eigenvalue weighted by Crippen LogP contribution is 2.17. The van der Waals surface area contributed by atoms with E-state index in [0.29, 0.717) is 13.0 Å². The highest BCUT2D eigenvalue weighted by molar-refractivity contribution is 5.18. The molecule has 0 radical (unpaired) electrons. The molecule has 1 unspecified atom stereocenters. The van der Waals surface area contributed by atoms with Crippen molar-refractivity contribution >= 4 is 0 Å². The molecule has 0 saturated heterocycles. The Labute approximate surface area is 108 Å². The molecule has 0 bridgehead atoms. The van der Waals surface area contributed by atoms with Gasteiger partial charge in [-0.3, -0.25) is 0 Å². The van der Waals surface area contributed by atoms with Crippen LogP contribution in [0.25, 0.3) is 0 Å². The first-order valence-electron chi connectivity index (χ1n) is 6.44. The second kappa shape index (κ2) is 8.19. The predicted octanol–water partition coefficient (Wildman–Crippen LogP) is 1.95. The van der Waals surface area contributed by atoms with Crippen molar-refractivity contribution in [1.82, 2.24) is 4.90 Å². The molecule has 2 N–H and O–H groups in total. The fourth-order valence-corrected chi connectivity index (χ4v) is 1.95. The van der Waals surface area contributed by atoms with E-state index in [1.807, 2.05) is 0 Å². The van der Waals surface area contributed by atoms with Gasteiger partial charge in [-0.1, -0.05) is 19.1 Å². The first-order chi connectivity index (χ1) is 8.67. The zero-order valence-electron chi connectivity index (χ0n) is 10.8.